The summed E-state index contributed by atoms with van der Waals surface area (Å²) in [6, 6.07) is 11.1. The number of carbonyl (C=O) groups excluding carboxylic acids is 1. The first-order chi connectivity index (χ1) is 14.9. The molecule has 2 aliphatic rings. The van der Waals surface area contributed by atoms with Crippen molar-refractivity contribution in [2.24, 2.45) is 11.3 Å². The van der Waals surface area contributed by atoms with E-state index in [-0.39, 0.29) is 28.1 Å². The number of pyridine rings is 1. The molecule has 3 nitrogen and oxygen atoms in total. The number of amides is 1. The van der Waals surface area contributed by atoms with E-state index in [1.165, 1.54) is 23.8 Å². The van der Waals surface area contributed by atoms with Crippen LogP contribution in [0.2, 0.25) is 5.02 Å². The van der Waals surface area contributed by atoms with Gasteiger partial charge in [0.25, 0.3) is 0 Å². The molecule has 1 N–H and O–H groups in total. The Hall–Kier alpha value is -2.53. The number of halogens is 3. The maximum atomic E-state index is 13.8. The molecule has 0 saturated heterocycles. The largest absolute Gasteiger partial charge is 0.326 e. The van der Waals surface area contributed by atoms with Crippen molar-refractivity contribution in [1.82, 2.24) is 4.98 Å². The number of nitrogens with one attached hydrogen (secondary N) is 1. The summed E-state index contributed by atoms with van der Waals surface area (Å²) in [5, 5.41) is 3.76. The number of benzene rings is 2. The Morgan fingerprint density at radius 3 is 2.58 bits per heavy atom. The standard InChI is InChI=1S/C25H23ClF2N2O/c26-21-3-2-18(12-22(21)28)30-24(31)16-13-25(14-16)8-5-15(6-9-25)19-7-10-29-23-4-1-17(27)11-20(19)23/h1-4,7,10-12,15-16H,5-6,8-9,13-14H2,(H,30,31). The van der Waals surface area contributed by atoms with E-state index in [0.29, 0.717) is 11.6 Å². The maximum absolute atomic E-state index is 13.8. The first-order valence-electron chi connectivity index (χ1n) is 10.7. The number of hydrogen-bond acceptors (Lipinski definition) is 2. The van der Waals surface area contributed by atoms with Crippen LogP contribution in [0.5, 0.6) is 0 Å². The molecule has 160 valence electrons. The lowest BCUT2D eigenvalue weighted by molar-refractivity contribution is -0.128. The maximum Gasteiger partial charge on any atom is 0.227 e. The normalized spacial score (nSPS) is 25.4. The number of fused-ring (bicyclic) bond motifs is 1. The SMILES string of the molecule is O=C(Nc1ccc(Cl)c(F)c1)C1CC2(CCC(c3ccnc4ccc(F)cc34)CC2)C1. The minimum absolute atomic E-state index is 0.0360. The highest BCUT2D eigenvalue weighted by Gasteiger charge is 2.48. The van der Waals surface area contributed by atoms with Crippen molar-refractivity contribution in [3.8, 4) is 0 Å². The summed E-state index contributed by atoms with van der Waals surface area (Å²) in [6.45, 7) is 0. The summed E-state index contributed by atoms with van der Waals surface area (Å²) in [5.41, 5.74) is 2.67. The lowest BCUT2D eigenvalue weighted by Crippen LogP contribution is -2.45. The molecule has 6 heteroatoms. The molecule has 2 aliphatic carbocycles. The minimum Gasteiger partial charge on any atom is -0.326 e. The fourth-order valence-electron chi connectivity index (χ4n) is 5.43. The molecule has 0 aliphatic heterocycles. The van der Waals surface area contributed by atoms with E-state index in [2.05, 4.69) is 10.3 Å². The van der Waals surface area contributed by atoms with Crippen molar-refractivity contribution in [3.63, 3.8) is 0 Å². The van der Waals surface area contributed by atoms with Crippen molar-refractivity contribution < 1.29 is 13.6 Å². The zero-order valence-corrected chi connectivity index (χ0v) is 17.8. The third-order valence-electron chi connectivity index (χ3n) is 7.14. The third-order valence-corrected chi connectivity index (χ3v) is 7.45. The highest BCUT2D eigenvalue weighted by atomic mass is 35.5. The Kier molecular flexibility index (Phi) is 5.17. The third kappa shape index (κ3) is 3.91. The van der Waals surface area contributed by atoms with E-state index in [0.717, 1.165) is 49.4 Å². The summed E-state index contributed by atoms with van der Waals surface area (Å²) >= 11 is 5.70. The minimum atomic E-state index is -0.536. The molecule has 2 fully saturated rings. The van der Waals surface area contributed by atoms with Gasteiger partial charge in [0.05, 0.1) is 10.5 Å². The van der Waals surface area contributed by atoms with Gasteiger partial charge in [0.1, 0.15) is 11.6 Å². The van der Waals surface area contributed by atoms with Gasteiger partial charge in [-0.2, -0.15) is 0 Å². The summed E-state index contributed by atoms with van der Waals surface area (Å²) < 4.78 is 27.4. The molecule has 5 rings (SSSR count). The van der Waals surface area contributed by atoms with Crippen LogP contribution in [0.3, 0.4) is 0 Å². The highest BCUT2D eigenvalue weighted by Crippen LogP contribution is 2.57. The fraction of sp³-hybridized carbons (Fsp3) is 0.360. The molecule has 2 aromatic carbocycles. The second-order valence-corrected chi connectivity index (χ2v) is 9.47. The number of carbonyl (C=O) groups is 1. The lowest BCUT2D eigenvalue weighted by atomic mass is 9.54. The van der Waals surface area contributed by atoms with Gasteiger partial charge in [0.2, 0.25) is 5.91 Å². The summed E-state index contributed by atoms with van der Waals surface area (Å²) in [7, 11) is 0. The first-order valence-corrected chi connectivity index (χ1v) is 11.1. The number of nitrogens with zero attached hydrogens (tertiary/aromatic N) is 1. The van der Waals surface area contributed by atoms with Crippen LogP contribution in [0.1, 0.15) is 50.0 Å². The van der Waals surface area contributed by atoms with Crippen LogP contribution >= 0.6 is 11.6 Å². The average molecular weight is 441 g/mol. The van der Waals surface area contributed by atoms with Crippen LogP contribution in [-0.4, -0.2) is 10.9 Å². The highest BCUT2D eigenvalue weighted by molar-refractivity contribution is 6.30. The molecular weight excluding hydrogens is 418 g/mol. The molecule has 3 aromatic rings. The van der Waals surface area contributed by atoms with Crippen LogP contribution in [0.25, 0.3) is 10.9 Å². The summed E-state index contributed by atoms with van der Waals surface area (Å²) in [4.78, 5) is 16.9. The van der Waals surface area contributed by atoms with Crippen molar-refractivity contribution >= 4 is 34.1 Å². The summed E-state index contributed by atoms with van der Waals surface area (Å²) in [6.07, 6.45) is 7.75. The van der Waals surface area contributed by atoms with E-state index in [4.69, 9.17) is 11.6 Å². The zero-order chi connectivity index (χ0) is 21.6. The van der Waals surface area contributed by atoms with Gasteiger partial charge < -0.3 is 5.32 Å². The Morgan fingerprint density at radius 1 is 1.06 bits per heavy atom. The Bertz CT molecular complexity index is 1150. The van der Waals surface area contributed by atoms with Crippen molar-refractivity contribution in [2.45, 2.75) is 44.4 Å². The van der Waals surface area contributed by atoms with Gasteiger partial charge >= 0.3 is 0 Å². The van der Waals surface area contributed by atoms with E-state index in [1.54, 1.807) is 18.2 Å². The van der Waals surface area contributed by atoms with Crippen molar-refractivity contribution in [1.29, 1.82) is 0 Å². The molecule has 1 spiro atoms. The van der Waals surface area contributed by atoms with Crippen LogP contribution in [0.4, 0.5) is 14.5 Å². The lowest BCUT2D eigenvalue weighted by Gasteiger charge is -2.51. The fourth-order valence-corrected chi connectivity index (χ4v) is 5.55. The van der Waals surface area contributed by atoms with E-state index in [1.807, 2.05) is 12.3 Å². The quantitative estimate of drug-likeness (QED) is 0.483. The summed E-state index contributed by atoms with van der Waals surface area (Å²) in [5.74, 6) is -0.465. The zero-order valence-electron chi connectivity index (χ0n) is 17.0. The van der Waals surface area contributed by atoms with Crippen LogP contribution in [0.15, 0.2) is 48.7 Å². The Labute approximate surface area is 184 Å². The predicted molar refractivity (Wildman–Crippen MR) is 118 cm³/mol. The molecule has 0 bridgehead atoms. The number of hydrogen-bond donors (Lipinski definition) is 1. The van der Waals surface area contributed by atoms with E-state index < -0.39 is 5.82 Å². The van der Waals surface area contributed by atoms with Gasteiger partial charge in [-0.1, -0.05) is 11.6 Å². The molecule has 0 unspecified atom stereocenters. The van der Waals surface area contributed by atoms with Gasteiger partial charge in [-0.05, 0) is 97.9 Å². The topological polar surface area (TPSA) is 42.0 Å². The molecular formula is C25H23ClF2N2O. The molecule has 1 aromatic heterocycles. The first kappa shape index (κ1) is 20.4. The second-order valence-electron chi connectivity index (χ2n) is 9.06. The Morgan fingerprint density at radius 2 is 1.84 bits per heavy atom. The van der Waals surface area contributed by atoms with Crippen LogP contribution < -0.4 is 5.32 Å². The van der Waals surface area contributed by atoms with Crippen LogP contribution in [-0.2, 0) is 4.79 Å². The predicted octanol–water partition coefficient (Wildman–Crippen LogP) is 6.86. The monoisotopic (exact) mass is 440 g/mol. The second kappa shape index (κ2) is 7.86. The molecule has 1 amide bonds. The molecule has 31 heavy (non-hydrogen) atoms. The molecule has 2 saturated carbocycles. The van der Waals surface area contributed by atoms with Gasteiger partial charge in [-0.25, -0.2) is 8.78 Å². The van der Waals surface area contributed by atoms with Crippen LogP contribution in [0, 0.1) is 23.0 Å². The number of rotatable bonds is 3. The Balaban J connectivity index is 1.21. The van der Waals surface area contributed by atoms with E-state index in [9.17, 15) is 13.6 Å². The molecule has 1 heterocycles. The smallest absolute Gasteiger partial charge is 0.227 e. The van der Waals surface area contributed by atoms with Gasteiger partial charge in [0, 0.05) is 23.2 Å². The van der Waals surface area contributed by atoms with Crippen molar-refractivity contribution in [2.75, 3.05) is 5.32 Å². The molecule has 0 radical (unpaired) electrons. The van der Waals surface area contributed by atoms with Gasteiger partial charge in [0.15, 0.2) is 0 Å². The molecule has 0 atom stereocenters. The van der Waals surface area contributed by atoms with Gasteiger partial charge in [-0.3, -0.25) is 9.78 Å². The number of anilines is 1. The van der Waals surface area contributed by atoms with Crippen molar-refractivity contribution in [3.05, 3.63) is 70.9 Å². The number of aromatic nitrogens is 1. The average Bonchev–Trinajstić information content (AvgIpc) is 2.74. The van der Waals surface area contributed by atoms with Gasteiger partial charge in [-0.15, -0.1) is 0 Å². The van der Waals surface area contributed by atoms with E-state index >= 15 is 0 Å².